The molecule has 0 aliphatic carbocycles. The molecular formula is C9H10F3N3O2. The third-order valence-corrected chi connectivity index (χ3v) is 2.15. The summed E-state index contributed by atoms with van der Waals surface area (Å²) in [6, 6.07) is 1.48. The van der Waals surface area contributed by atoms with Crippen LogP contribution in [0.4, 0.5) is 19.1 Å². The van der Waals surface area contributed by atoms with Gasteiger partial charge in [0.1, 0.15) is 0 Å². The lowest BCUT2D eigenvalue weighted by molar-refractivity contribution is -0.193. The summed E-state index contributed by atoms with van der Waals surface area (Å²) in [5.74, 6) is -2.43. The Balaban J connectivity index is 3.08. The highest BCUT2D eigenvalue weighted by molar-refractivity contribution is 5.82. The largest absolute Gasteiger partial charge is 0.479 e. The van der Waals surface area contributed by atoms with Crippen molar-refractivity contribution in [2.24, 2.45) is 0 Å². The van der Waals surface area contributed by atoms with Gasteiger partial charge in [-0.05, 0) is 19.9 Å². The van der Waals surface area contributed by atoms with Gasteiger partial charge in [0.2, 0.25) is 11.5 Å². The summed E-state index contributed by atoms with van der Waals surface area (Å²) in [5.41, 5.74) is -2.70. The third-order valence-electron chi connectivity index (χ3n) is 2.15. The van der Waals surface area contributed by atoms with Crippen molar-refractivity contribution in [1.82, 2.24) is 9.97 Å². The van der Waals surface area contributed by atoms with Gasteiger partial charge in [-0.3, -0.25) is 0 Å². The summed E-state index contributed by atoms with van der Waals surface area (Å²) in [4.78, 5) is 17.9. The normalized spacial score (nSPS) is 15.1. The van der Waals surface area contributed by atoms with E-state index in [4.69, 9.17) is 5.11 Å². The molecule has 0 fully saturated rings. The minimum Gasteiger partial charge on any atom is -0.479 e. The maximum absolute atomic E-state index is 12.6. The second-order valence-electron chi connectivity index (χ2n) is 3.57. The number of carbonyl (C=O) groups is 1. The van der Waals surface area contributed by atoms with Gasteiger partial charge in [0.05, 0.1) is 0 Å². The fourth-order valence-corrected chi connectivity index (χ4v) is 0.978. The third kappa shape index (κ3) is 2.63. The van der Waals surface area contributed by atoms with Crippen LogP contribution in [-0.4, -0.2) is 32.8 Å². The second kappa shape index (κ2) is 4.19. The van der Waals surface area contributed by atoms with E-state index >= 15 is 0 Å². The highest BCUT2D eigenvalue weighted by Crippen LogP contribution is 2.32. The molecule has 0 spiro atoms. The highest BCUT2D eigenvalue weighted by atomic mass is 19.4. The zero-order chi connectivity index (χ0) is 13.3. The predicted molar refractivity (Wildman–Crippen MR) is 52.5 cm³/mol. The number of halogens is 3. The smallest absolute Gasteiger partial charge is 0.422 e. The quantitative estimate of drug-likeness (QED) is 0.851. The molecule has 94 valence electrons. The molecule has 1 aromatic rings. The van der Waals surface area contributed by atoms with E-state index in [0.717, 1.165) is 0 Å². The lowest BCUT2D eigenvalue weighted by atomic mass is 10.0. The van der Waals surface area contributed by atoms with Crippen LogP contribution < -0.4 is 5.32 Å². The van der Waals surface area contributed by atoms with E-state index < -0.39 is 17.7 Å². The molecule has 0 aliphatic heterocycles. The lowest BCUT2D eigenvalue weighted by Gasteiger charge is -2.28. The Labute approximate surface area is 94.7 Å². The SMILES string of the molecule is Cc1ccnc(NC(C)(C(=O)O)C(F)(F)F)n1. The number of carboxylic acid groups (broad SMARTS) is 1. The van der Waals surface area contributed by atoms with Crippen molar-refractivity contribution in [3.05, 3.63) is 18.0 Å². The van der Waals surface area contributed by atoms with E-state index in [0.29, 0.717) is 12.6 Å². The summed E-state index contributed by atoms with van der Waals surface area (Å²) >= 11 is 0. The van der Waals surface area contributed by atoms with Gasteiger partial charge in [-0.25, -0.2) is 14.8 Å². The van der Waals surface area contributed by atoms with Gasteiger partial charge in [0.15, 0.2) is 0 Å². The van der Waals surface area contributed by atoms with Crippen molar-refractivity contribution in [1.29, 1.82) is 0 Å². The molecule has 1 heterocycles. The molecule has 1 rings (SSSR count). The molecule has 1 aromatic heterocycles. The first-order chi connectivity index (χ1) is 7.67. The molecule has 5 nitrogen and oxygen atoms in total. The molecule has 1 atom stereocenters. The van der Waals surface area contributed by atoms with E-state index in [2.05, 4.69) is 9.97 Å². The Morgan fingerprint density at radius 3 is 2.47 bits per heavy atom. The molecule has 0 saturated carbocycles. The number of aryl methyl sites for hydroxylation is 1. The molecule has 0 aliphatic rings. The van der Waals surface area contributed by atoms with E-state index in [1.165, 1.54) is 12.3 Å². The summed E-state index contributed by atoms with van der Waals surface area (Å²) < 4.78 is 37.9. The summed E-state index contributed by atoms with van der Waals surface area (Å²) in [6.07, 6.45) is -3.73. The van der Waals surface area contributed by atoms with Crippen LogP contribution in [0.15, 0.2) is 12.3 Å². The van der Waals surface area contributed by atoms with Gasteiger partial charge < -0.3 is 10.4 Å². The number of hydrogen-bond donors (Lipinski definition) is 2. The highest BCUT2D eigenvalue weighted by Gasteiger charge is 2.58. The average Bonchev–Trinajstić information content (AvgIpc) is 2.15. The lowest BCUT2D eigenvalue weighted by Crippen LogP contribution is -2.55. The zero-order valence-electron chi connectivity index (χ0n) is 9.04. The molecule has 1 unspecified atom stereocenters. The van der Waals surface area contributed by atoms with Gasteiger partial charge >= 0.3 is 12.1 Å². The van der Waals surface area contributed by atoms with Crippen LogP contribution in [0.2, 0.25) is 0 Å². The first kappa shape index (κ1) is 13.2. The number of nitrogens with one attached hydrogen (secondary N) is 1. The zero-order valence-corrected chi connectivity index (χ0v) is 9.04. The number of aromatic nitrogens is 2. The van der Waals surface area contributed by atoms with Crippen LogP contribution in [0.1, 0.15) is 12.6 Å². The molecule has 2 N–H and O–H groups in total. The van der Waals surface area contributed by atoms with Crippen LogP contribution in [0.25, 0.3) is 0 Å². The minimum atomic E-state index is -4.97. The van der Waals surface area contributed by atoms with Crippen LogP contribution in [0.3, 0.4) is 0 Å². The first-order valence-electron chi connectivity index (χ1n) is 4.55. The maximum atomic E-state index is 12.6. The molecule has 8 heteroatoms. The van der Waals surface area contributed by atoms with Crippen LogP contribution in [0.5, 0.6) is 0 Å². The predicted octanol–water partition coefficient (Wildman–Crippen LogP) is 1.60. The van der Waals surface area contributed by atoms with Crippen molar-refractivity contribution >= 4 is 11.9 Å². The Morgan fingerprint density at radius 2 is 2.06 bits per heavy atom. The van der Waals surface area contributed by atoms with E-state index in [1.807, 2.05) is 0 Å². The molecule has 0 amide bonds. The molecule has 0 saturated heterocycles. The maximum Gasteiger partial charge on any atom is 0.422 e. The van der Waals surface area contributed by atoms with Gasteiger partial charge in [0.25, 0.3) is 0 Å². The Hall–Kier alpha value is -1.86. The van der Waals surface area contributed by atoms with E-state index in [9.17, 15) is 18.0 Å². The monoisotopic (exact) mass is 249 g/mol. The van der Waals surface area contributed by atoms with Crippen molar-refractivity contribution in [2.75, 3.05) is 5.32 Å². The number of aliphatic carboxylic acids is 1. The number of rotatable bonds is 3. The Kier molecular flexibility index (Phi) is 3.25. The Bertz CT molecular complexity index is 436. The topological polar surface area (TPSA) is 75.1 Å². The van der Waals surface area contributed by atoms with Crippen LogP contribution in [-0.2, 0) is 4.79 Å². The summed E-state index contributed by atoms with van der Waals surface area (Å²) in [6.45, 7) is 2.07. The van der Waals surface area contributed by atoms with Crippen molar-refractivity contribution in [3.8, 4) is 0 Å². The van der Waals surface area contributed by atoms with Crippen molar-refractivity contribution in [2.45, 2.75) is 25.6 Å². The second-order valence-corrected chi connectivity index (χ2v) is 3.57. The number of carboxylic acids is 1. The van der Waals surface area contributed by atoms with Crippen LogP contribution in [0, 0.1) is 6.92 Å². The number of alkyl halides is 3. The minimum absolute atomic E-state index is 0.382. The van der Waals surface area contributed by atoms with E-state index in [-0.39, 0.29) is 5.95 Å². The molecule has 0 bridgehead atoms. The van der Waals surface area contributed by atoms with Crippen LogP contribution >= 0.6 is 0 Å². The van der Waals surface area contributed by atoms with E-state index in [1.54, 1.807) is 12.2 Å². The molecular weight excluding hydrogens is 239 g/mol. The molecule has 17 heavy (non-hydrogen) atoms. The molecule has 0 radical (unpaired) electrons. The number of nitrogens with zero attached hydrogens (tertiary/aromatic N) is 2. The standard InChI is InChI=1S/C9H10F3N3O2/c1-5-3-4-13-7(14-5)15-8(2,6(16)17)9(10,11)12/h3-4H,1-2H3,(H,16,17)(H,13,14,15). The summed E-state index contributed by atoms with van der Waals surface area (Å²) in [7, 11) is 0. The fourth-order valence-electron chi connectivity index (χ4n) is 0.978. The fraction of sp³-hybridized carbons (Fsp3) is 0.444. The van der Waals surface area contributed by atoms with Gasteiger partial charge in [0, 0.05) is 11.9 Å². The average molecular weight is 249 g/mol. The van der Waals surface area contributed by atoms with Gasteiger partial charge in [-0.15, -0.1) is 0 Å². The van der Waals surface area contributed by atoms with Gasteiger partial charge in [-0.2, -0.15) is 13.2 Å². The molecule has 0 aromatic carbocycles. The number of anilines is 1. The first-order valence-corrected chi connectivity index (χ1v) is 4.55. The Morgan fingerprint density at radius 1 is 1.47 bits per heavy atom. The van der Waals surface area contributed by atoms with Gasteiger partial charge in [-0.1, -0.05) is 0 Å². The number of hydrogen-bond acceptors (Lipinski definition) is 4. The summed E-state index contributed by atoms with van der Waals surface area (Å²) in [5, 5.41) is 10.4. The van der Waals surface area contributed by atoms with Crippen molar-refractivity contribution in [3.63, 3.8) is 0 Å². The van der Waals surface area contributed by atoms with Crippen molar-refractivity contribution < 1.29 is 23.1 Å².